The topological polar surface area (TPSA) is 147 Å². The molecular formula is C22H27N7O4S3. The van der Waals surface area contributed by atoms with Crippen molar-refractivity contribution >= 4 is 64.8 Å². The van der Waals surface area contributed by atoms with Gasteiger partial charge in [-0.1, -0.05) is 43.9 Å². The quantitative estimate of drug-likeness (QED) is 0.0852. The van der Waals surface area contributed by atoms with Gasteiger partial charge in [-0.05, 0) is 35.9 Å². The van der Waals surface area contributed by atoms with Crippen LogP contribution in [0.15, 0.2) is 32.8 Å². The van der Waals surface area contributed by atoms with Crippen molar-refractivity contribution < 1.29 is 19.1 Å². The van der Waals surface area contributed by atoms with E-state index in [4.69, 9.17) is 20.3 Å². The Balaban J connectivity index is 2.03. The van der Waals surface area contributed by atoms with Crippen molar-refractivity contribution in [1.29, 1.82) is 0 Å². The Hall–Kier alpha value is -2.97. The molecule has 0 atom stereocenters. The van der Waals surface area contributed by atoms with Crippen molar-refractivity contribution in [3.63, 3.8) is 0 Å². The summed E-state index contributed by atoms with van der Waals surface area (Å²) in [6, 6.07) is 4.88. The van der Waals surface area contributed by atoms with E-state index in [1.165, 1.54) is 23.1 Å². The van der Waals surface area contributed by atoms with Gasteiger partial charge in [0, 0.05) is 11.2 Å². The summed E-state index contributed by atoms with van der Waals surface area (Å²) in [4.78, 5) is 22.9. The number of thiol groups is 1. The normalized spacial score (nSPS) is 11.7. The second-order valence-electron chi connectivity index (χ2n) is 8.51. The number of methoxy groups -OCH3 is 1. The van der Waals surface area contributed by atoms with Crippen LogP contribution in [0, 0.1) is 0 Å². The minimum atomic E-state index is -0.551. The van der Waals surface area contributed by atoms with E-state index in [2.05, 4.69) is 33.1 Å². The average Bonchev–Trinajstić information content (AvgIpc) is 3.44. The van der Waals surface area contributed by atoms with Crippen LogP contribution in [-0.2, 0) is 26.3 Å². The fourth-order valence-electron chi connectivity index (χ4n) is 3.09. The van der Waals surface area contributed by atoms with Crippen LogP contribution in [0.1, 0.15) is 48.8 Å². The minimum Gasteiger partial charge on any atom is -0.465 e. The molecule has 3 aromatic rings. The van der Waals surface area contributed by atoms with Crippen LogP contribution in [0.3, 0.4) is 0 Å². The van der Waals surface area contributed by atoms with E-state index in [0.29, 0.717) is 34.2 Å². The summed E-state index contributed by atoms with van der Waals surface area (Å²) in [6.45, 7) is 6.24. The van der Waals surface area contributed by atoms with E-state index >= 15 is 0 Å². The van der Waals surface area contributed by atoms with Crippen LogP contribution in [0.5, 0.6) is 0 Å². The molecule has 2 aromatic heterocycles. The Bertz CT molecular complexity index is 1250. The zero-order valence-electron chi connectivity index (χ0n) is 20.3. The molecule has 0 saturated carbocycles. The molecule has 2 N–H and O–H groups in total. The maximum absolute atomic E-state index is 12.2. The Kier molecular flexibility index (Phi) is 9.45. The number of esters is 1. The smallest absolute Gasteiger partial charge is 0.337 e. The maximum atomic E-state index is 12.2. The van der Waals surface area contributed by atoms with Crippen molar-refractivity contribution in [3.8, 4) is 5.69 Å². The lowest BCUT2D eigenvalue weighted by molar-refractivity contribution is -0.129. The summed E-state index contributed by atoms with van der Waals surface area (Å²) in [7, 11) is 1.28. The van der Waals surface area contributed by atoms with Crippen LogP contribution >= 0.6 is 35.7 Å². The largest absolute Gasteiger partial charge is 0.465 e. The highest BCUT2D eigenvalue weighted by Crippen LogP contribution is 2.38. The number of ether oxygens (including phenoxy) is 2. The predicted octanol–water partition coefficient (Wildman–Crippen LogP) is 4.89. The Morgan fingerprint density at radius 2 is 2.06 bits per heavy atom. The van der Waals surface area contributed by atoms with Gasteiger partial charge in [0.05, 0.1) is 24.1 Å². The lowest BCUT2D eigenvalue weighted by Gasteiger charge is -2.15. The molecule has 0 unspecified atom stereocenters. The Morgan fingerprint density at radius 3 is 2.72 bits per heavy atom. The number of benzene rings is 1. The van der Waals surface area contributed by atoms with Crippen LogP contribution in [0.25, 0.3) is 5.69 Å². The molecule has 1 aromatic carbocycles. The number of carbonyl (C=O) groups is 2. The first kappa shape index (κ1) is 27.6. The van der Waals surface area contributed by atoms with Gasteiger partial charge in [0.25, 0.3) is 11.6 Å². The highest BCUT2D eigenvalue weighted by molar-refractivity contribution is 8.01. The molecule has 0 spiro atoms. The first-order valence-corrected chi connectivity index (χ1v) is 13.3. The molecule has 0 aliphatic heterocycles. The molecular weight excluding hydrogens is 522 g/mol. The second kappa shape index (κ2) is 12.3. The van der Waals surface area contributed by atoms with E-state index in [0.717, 1.165) is 22.3 Å². The molecule has 36 heavy (non-hydrogen) atoms. The molecule has 0 aliphatic carbocycles. The van der Waals surface area contributed by atoms with Crippen LogP contribution in [0.2, 0.25) is 0 Å². The zero-order chi connectivity index (χ0) is 26.3. The molecule has 2 heterocycles. The van der Waals surface area contributed by atoms with E-state index in [1.54, 1.807) is 30.0 Å². The number of nitrogens with two attached hydrogens (primary N) is 1. The molecule has 0 bridgehead atoms. The molecule has 14 heteroatoms. The van der Waals surface area contributed by atoms with Gasteiger partial charge < -0.3 is 15.2 Å². The maximum Gasteiger partial charge on any atom is 0.337 e. The first-order valence-electron chi connectivity index (χ1n) is 10.8. The molecule has 0 radical (unpaired) electrons. The Morgan fingerprint density at radius 1 is 1.28 bits per heavy atom. The number of carbonyl (C=O) groups excluding carboxylic acids is 2. The van der Waals surface area contributed by atoms with Crippen molar-refractivity contribution in [2.75, 3.05) is 24.3 Å². The minimum absolute atomic E-state index is 0.0351. The summed E-state index contributed by atoms with van der Waals surface area (Å²) in [5, 5.41) is 22.0. The molecule has 3 rings (SSSR count). The van der Waals surface area contributed by atoms with E-state index in [-0.39, 0.29) is 18.0 Å². The number of thioether (sulfide) groups is 1. The van der Waals surface area contributed by atoms with Gasteiger partial charge in [-0.15, -0.1) is 20.4 Å². The van der Waals surface area contributed by atoms with Gasteiger partial charge in [-0.25, -0.2) is 9.48 Å². The lowest BCUT2D eigenvalue weighted by Crippen LogP contribution is -2.13. The van der Waals surface area contributed by atoms with Gasteiger partial charge >= 0.3 is 5.97 Å². The second-order valence-corrected chi connectivity index (χ2v) is 11.3. The van der Waals surface area contributed by atoms with Gasteiger partial charge in [0.1, 0.15) is 6.61 Å². The van der Waals surface area contributed by atoms with Crippen LogP contribution in [0.4, 0.5) is 16.6 Å². The van der Waals surface area contributed by atoms with E-state index < -0.39 is 11.4 Å². The molecule has 0 fully saturated rings. The SMILES string of the molecule is COC(=O)c1cc(COC=O)cc(-n2nc(C(C)(C)C)c(N=Nc3nnc(SCCCS)s3)c2N)c1. The molecule has 11 nitrogen and oxygen atoms in total. The number of hydrogen-bond donors (Lipinski definition) is 2. The van der Waals surface area contributed by atoms with Crippen molar-refractivity contribution in [1.82, 2.24) is 20.0 Å². The number of hydrogen-bond acceptors (Lipinski definition) is 13. The standard InChI is InChI=1S/C22H27N7O4S3/c1-22(2,3)17-16(24-25-20-26-27-21(36-20)35-7-5-6-34)18(23)29(28-17)15-9-13(11-33-12-30)8-14(10-15)19(31)32-4/h8-10,12,34H,5-7,11,23H2,1-4H3. The monoisotopic (exact) mass is 549 g/mol. The first-order chi connectivity index (χ1) is 17.2. The number of nitrogen functional groups attached to an aromatic ring is 1. The summed E-state index contributed by atoms with van der Waals surface area (Å²) in [5.74, 6) is 1.38. The fourth-order valence-corrected chi connectivity index (χ4v) is 5.13. The van der Waals surface area contributed by atoms with Crippen LogP contribution < -0.4 is 5.73 Å². The summed E-state index contributed by atoms with van der Waals surface area (Å²) in [6.07, 6.45) is 0.967. The van der Waals surface area contributed by atoms with Gasteiger partial charge in [-0.3, -0.25) is 4.79 Å². The Labute approximate surface area is 222 Å². The van der Waals surface area contributed by atoms with Gasteiger partial charge in [0.2, 0.25) is 0 Å². The van der Waals surface area contributed by atoms with Crippen molar-refractivity contribution in [3.05, 3.63) is 35.0 Å². The fraction of sp³-hybridized carbons (Fsp3) is 0.409. The molecule has 0 saturated heterocycles. The number of anilines is 1. The number of aromatic nitrogens is 4. The predicted molar refractivity (Wildman–Crippen MR) is 142 cm³/mol. The van der Waals surface area contributed by atoms with E-state index in [9.17, 15) is 9.59 Å². The van der Waals surface area contributed by atoms with E-state index in [1.807, 2.05) is 20.8 Å². The third-order valence-electron chi connectivity index (χ3n) is 4.73. The number of nitrogens with zero attached hydrogens (tertiary/aromatic N) is 6. The molecule has 0 aliphatic rings. The number of rotatable bonds is 11. The number of azo groups is 1. The third kappa shape index (κ3) is 6.83. The highest BCUT2D eigenvalue weighted by Gasteiger charge is 2.27. The molecule has 192 valence electrons. The highest BCUT2D eigenvalue weighted by atomic mass is 32.2. The summed E-state index contributed by atoms with van der Waals surface area (Å²) < 4.78 is 12.0. The van der Waals surface area contributed by atoms with Crippen LogP contribution in [-0.4, -0.2) is 51.0 Å². The summed E-state index contributed by atoms with van der Waals surface area (Å²) in [5.41, 5.74) is 8.35. The van der Waals surface area contributed by atoms with Crippen molar-refractivity contribution in [2.45, 2.75) is 43.6 Å². The van der Waals surface area contributed by atoms with Gasteiger partial charge in [0.15, 0.2) is 15.8 Å². The average molecular weight is 550 g/mol. The zero-order valence-corrected chi connectivity index (χ0v) is 22.8. The summed E-state index contributed by atoms with van der Waals surface area (Å²) >= 11 is 7.15. The lowest BCUT2D eigenvalue weighted by atomic mass is 9.91. The van der Waals surface area contributed by atoms with Crippen molar-refractivity contribution in [2.24, 2.45) is 10.2 Å². The van der Waals surface area contributed by atoms with Gasteiger partial charge in [-0.2, -0.15) is 17.7 Å². The molecule has 0 amide bonds. The third-order valence-corrected chi connectivity index (χ3v) is 7.07.